The lowest BCUT2D eigenvalue weighted by Crippen LogP contribution is -2.24. The maximum absolute atomic E-state index is 13.6. The van der Waals surface area contributed by atoms with Crippen molar-refractivity contribution < 1.29 is 14.7 Å². The van der Waals surface area contributed by atoms with Gasteiger partial charge in [-0.15, -0.1) is 0 Å². The van der Waals surface area contributed by atoms with Crippen molar-refractivity contribution in [3.8, 4) is 11.1 Å². The van der Waals surface area contributed by atoms with Crippen LogP contribution in [0.15, 0.2) is 72.8 Å². The van der Waals surface area contributed by atoms with Gasteiger partial charge >= 0.3 is 5.97 Å². The van der Waals surface area contributed by atoms with E-state index in [4.69, 9.17) is 0 Å². The Hall–Kier alpha value is -2.93. The highest BCUT2D eigenvalue weighted by molar-refractivity contribution is 14.1. The summed E-state index contributed by atoms with van der Waals surface area (Å²) < 4.78 is 2.87. The first-order valence-electron chi connectivity index (χ1n) is 10.3. The molecule has 4 aromatic rings. The molecule has 5 rings (SSSR count). The molecule has 1 aliphatic carbocycles. The molecular weight excluding hydrogens is 501 g/mol. The third kappa shape index (κ3) is 3.57. The fourth-order valence-electron chi connectivity index (χ4n) is 4.54. The molecule has 0 bridgehead atoms. The van der Waals surface area contributed by atoms with E-state index in [2.05, 4.69) is 28.7 Å². The fourth-order valence-corrected chi connectivity index (χ4v) is 5.03. The van der Waals surface area contributed by atoms with E-state index in [9.17, 15) is 14.7 Å². The molecule has 4 nitrogen and oxygen atoms in total. The Balaban J connectivity index is 1.59. The molecule has 1 N–H and O–H groups in total. The Morgan fingerprint density at radius 1 is 0.935 bits per heavy atom. The van der Waals surface area contributed by atoms with Gasteiger partial charge in [-0.3, -0.25) is 14.2 Å². The lowest BCUT2D eigenvalue weighted by Gasteiger charge is -2.20. The van der Waals surface area contributed by atoms with Crippen molar-refractivity contribution in [2.24, 2.45) is 5.92 Å². The quantitative estimate of drug-likeness (QED) is 0.348. The zero-order chi connectivity index (χ0) is 21.5. The summed E-state index contributed by atoms with van der Waals surface area (Å²) in [6.07, 6.45) is 1.61. The number of nitrogens with zero attached hydrogens (tertiary/aromatic N) is 1. The summed E-state index contributed by atoms with van der Waals surface area (Å²) >= 11 is 2.26. The van der Waals surface area contributed by atoms with E-state index in [-0.39, 0.29) is 5.91 Å². The highest BCUT2D eigenvalue weighted by Crippen LogP contribution is 2.36. The highest BCUT2D eigenvalue weighted by Gasteiger charge is 2.31. The van der Waals surface area contributed by atoms with Crippen LogP contribution in [0.25, 0.3) is 22.0 Å². The first-order valence-corrected chi connectivity index (χ1v) is 11.4. The second kappa shape index (κ2) is 7.96. The van der Waals surface area contributed by atoms with Crippen LogP contribution in [0.3, 0.4) is 0 Å². The minimum atomic E-state index is -0.764. The largest absolute Gasteiger partial charge is 0.481 e. The molecule has 1 aromatic heterocycles. The fraction of sp³-hybridized carbons (Fsp3) is 0.154. The summed E-state index contributed by atoms with van der Waals surface area (Å²) in [5, 5.41) is 10.5. The minimum absolute atomic E-state index is 0.0687. The second-order valence-corrected chi connectivity index (χ2v) is 9.19. The summed E-state index contributed by atoms with van der Waals surface area (Å²) in [7, 11) is 0. The second-order valence-electron chi connectivity index (χ2n) is 7.95. The molecule has 0 spiro atoms. The van der Waals surface area contributed by atoms with Gasteiger partial charge in [0.25, 0.3) is 5.91 Å². The molecule has 1 unspecified atom stereocenters. The van der Waals surface area contributed by atoms with Gasteiger partial charge in [-0.1, -0.05) is 42.5 Å². The maximum atomic E-state index is 13.6. The molecule has 0 saturated carbocycles. The third-order valence-corrected chi connectivity index (χ3v) is 6.79. The Morgan fingerprint density at radius 2 is 1.65 bits per heavy atom. The molecule has 1 heterocycles. The molecular formula is C26H20INO3. The van der Waals surface area contributed by atoms with Crippen LogP contribution in [0.5, 0.6) is 0 Å². The van der Waals surface area contributed by atoms with E-state index in [1.807, 2.05) is 66.7 Å². The summed E-state index contributed by atoms with van der Waals surface area (Å²) in [6.45, 7) is 0. The summed E-state index contributed by atoms with van der Waals surface area (Å²) in [4.78, 5) is 25.2. The standard InChI is InChI=1S/C26H20INO3/c27-20-11-13-24-22(15-20)21-14-19(26(30)31)10-12-23(21)28(24)25(29)18-8-6-17(7-9-18)16-4-2-1-3-5-16/h1-9,11,13,15,19H,10,12,14H2,(H,30,31). The molecule has 154 valence electrons. The number of halogens is 1. The van der Waals surface area contributed by atoms with Crippen molar-refractivity contribution in [3.05, 3.63) is 93.2 Å². The third-order valence-electron chi connectivity index (χ3n) is 6.11. The van der Waals surface area contributed by atoms with Crippen LogP contribution in [0.4, 0.5) is 0 Å². The Kier molecular flexibility index (Phi) is 5.14. The van der Waals surface area contributed by atoms with Crippen LogP contribution < -0.4 is 0 Å². The van der Waals surface area contributed by atoms with Crippen molar-refractivity contribution >= 4 is 45.4 Å². The zero-order valence-corrected chi connectivity index (χ0v) is 18.9. The monoisotopic (exact) mass is 521 g/mol. The summed E-state index contributed by atoms with van der Waals surface area (Å²) in [5.74, 6) is -1.23. The van der Waals surface area contributed by atoms with Crippen molar-refractivity contribution in [2.45, 2.75) is 19.3 Å². The van der Waals surface area contributed by atoms with Gasteiger partial charge in [0.1, 0.15) is 0 Å². The average Bonchev–Trinajstić information content (AvgIpc) is 3.12. The van der Waals surface area contributed by atoms with Gasteiger partial charge in [0, 0.05) is 20.2 Å². The van der Waals surface area contributed by atoms with Gasteiger partial charge in [-0.05, 0) is 88.9 Å². The topological polar surface area (TPSA) is 59.3 Å². The molecule has 0 amide bonds. The van der Waals surface area contributed by atoms with Gasteiger partial charge in [0.05, 0.1) is 11.4 Å². The van der Waals surface area contributed by atoms with Gasteiger partial charge < -0.3 is 5.11 Å². The number of aromatic nitrogens is 1. The number of aliphatic carboxylic acids is 1. The molecule has 0 saturated heterocycles. The van der Waals surface area contributed by atoms with Gasteiger partial charge in [-0.2, -0.15) is 0 Å². The number of benzene rings is 3. The van der Waals surface area contributed by atoms with E-state index >= 15 is 0 Å². The first-order chi connectivity index (χ1) is 15.0. The van der Waals surface area contributed by atoms with E-state index < -0.39 is 11.9 Å². The van der Waals surface area contributed by atoms with Gasteiger partial charge in [0.2, 0.25) is 0 Å². The molecule has 3 aromatic carbocycles. The normalized spacial score (nSPS) is 15.6. The Labute approximate surface area is 193 Å². The Morgan fingerprint density at radius 3 is 2.35 bits per heavy atom. The molecule has 1 atom stereocenters. The first kappa shape index (κ1) is 20.0. The summed E-state index contributed by atoms with van der Waals surface area (Å²) in [5.41, 5.74) is 5.61. The summed E-state index contributed by atoms with van der Waals surface area (Å²) in [6, 6.07) is 23.8. The molecule has 0 radical (unpaired) electrons. The van der Waals surface area contributed by atoms with Crippen molar-refractivity contribution in [3.63, 3.8) is 0 Å². The molecule has 0 fully saturated rings. The molecule has 1 aliphatic rings. The molecule has 5 heteroatoms. The van der Waals surface area contributed by atoms with Crippen molar-refractivity contribution in [2.75, 3.05) is 0 Å². The average molecular weight is 521 g/mol. The number of fused-ring (bicyclic) bond motifs is 3. The van der Waals surface area contributed by atoms with Gasteiger partial charge in [0.15, 0.2) is 0 Å². The smallest absolute Gasteiger partial charge is 0.306 e. The van der Waals surface area contributed by atoms with Gasteiger partial charge in [-0.25, -0.2) is 0 Å². The van der Waals surface area contributed by atoms with Crippen LogP contribution >= 0.6 is 22.6 Å². The number of carboxylic acid groups (broad SMARTS) is 1. The molecule has 31 heavy (non-hydrogen) atoms. The van der Waals surface area contributed by atoms with Crippen LogP contribution in [0.1, 0.15) is 28.0 Å². The number of carboxylic acids is 1. The lowest BCUT2D eigenvalue weighted by atomic mass is 9.86. The minimum Gasteiger partial charge on any atom is -0.481 e. The number of hydrogen-bond acceptors (Lipinski definition) is 2. The van der Waals surface area contributed by atoms with E-state index in [1.165, 1.54) is 0 Å². The predicted octanol–water partition coefficient (Wildman–Crippen LogP) is 5.79. The highest BCUT2D eigenvalue weighted by atomic mass is 127. The van der Waals surface area contributed by atoms with Crippen molar-refractivity contribution in [1.29, 1.82) is 0 Å². The van der Waals surface area contributed by atoms with Crippen LogP contribution in [0.2, 0.25) is 0 Å². The van der Waals surface area contributed by atoms with Crippen molar-refractivity contribution in [1.82, 2.24) is 4.57 Å². The van der Waals surface area contributed by atoms with E-state index in [0.29, 0.717) is 24.8 Å². The number of rotatable bonds is 3. The van der Waals surface area contributed by atoms with Crippen LogP contribution in [-0.2, 0) is 17.6 Å². The SMILES string of the molecule is O=C(O)C1CCc2c(c3cc(I)ccc3n2C(=O)c2ccc(-c3ccccc3)cc2)C1. The zero-order valence-electron chi connectivity index (χ0n) is 16.7. The lowest BCUT2D eigenvalue weighted by molar-refractivity contribution is -0.142. The number of hydrogen-bond donors (Lipinski definition) is 1. The van der Waals surface area contributed by atoms with E-state index in [1.54, 1.807) is 4.57 Å². The van der Waals surface area contributed by atoms with E-state index in [0.717, 1.165) is 36.9 Å². The maximum Gasteiger partial charge on any atom is 0.306 e. The number of carbonyl (C=O) groups is 2. The van der Waals surface area contributed by atoms with Crippen LogP contribution in [0, 0.1) is 9.49 Å². The number of carbonyl (C=O) groups excluding carboxylic acids is 1. The Bertz CT molecular complexity index is 1310. The molecule has 0 aliphatic heterocycles. The van der Waals surface area contributed by atoms with Crippen LogP contribution in [-0.4, -0.2) is 21.6 Å². The predicted molar refractivity (Wildman–Crippen MR) is 129 cm³/mol.